The van der Waals surface area contributed by atoms with Crippen LogP contribution in [0.1, 0.15) is 31.8 Å². The number of nitrogens with one attached hydrogen (secondary N) is 1. The molecule has 33 heavy (non-hydrogen) atoms. The number of halogens is 5. The molecule has 3 aromatic carbocycles. The molecule has 0 fully saturated rings. The van der Waals surface area contributed by atoms with E-state index in [1.54, 1.807) is 6.07 Å². The lowest BCUT2D eigenvalue weighted by Gasteiger charge is -2.14. The zero-order chi connectivity index (χ0) is 24.2. The number of ketones is 1. The van der Waals surface area contributed by atoms with Crippen molar-refractivity contribution >= 4 is 46.5 Å². The lowest BCUT2D eigenvalue weighted by atomic mass is 9.98. The van der Waals surface area contributed by atoms with Crippen molar-refractivity contribution in [1.82, 2.24) is 0 Å². The number of ether oxygens (including phenoxy) is 1. The lowest BCUT2D eigenvalue weighted by molar-refractivity contribution is -0.137. The Labute approximate surface area is 196 Å². The fourth-order valence-electron chi connectivity index (χ4n) is 2.87. The molecule has 1 N–H and O–H groups in total. The van der Waals surface area contributed by atoms with Crippen molar-refractivity contribution < 1.29 is 32.3 Å². The van der Waals surface area contributed by atoms with E-state index in [0.717, 1.165) is 6.07 Å². The molecule has 0 saturated heterocycles. The van der Waals surface area contributed by atoms with Gasteiger partial charge in [0, 0.05) is 21.2 Å². The van der Waals surface area contributed by atoms with Gasteiger partial charge in [0.05, 0.1) is 16.8 Å². The van der Waals surface area contributed by atoms with E-state index in [4.69, 9.17) is 27.9 Å². The minimum atomic E-state index is -4.76. The molecule has 0 atom stereocenters. The summed E-state index contributed by atoms with van der Waals surface area (Å²) >= 11 is 11.4. The van der Waals surface area contributed by atoms with E-state index in [9.17, 15) is 27.6 Å². The number of rotatable bonds is 6. The summed E-state index contributed by atoms with van der Waals surface area (Å²) in [5.74, 6) is -2.47. The largest absolute Gasteiger partial charge is 0.452 e. The Bertz CT molecular complexity index is 1210. The first-order valence-corrected chi connectivity index (χ1v) is 10.0. The monoisotopic (exact) mass is 495 g/mol. The van der Waals surface area contributed by atoms with Crippen LogP contribution in [0.5, 0.6) is 0 Å². The van der Waals surface area contributed by atoms with Crippen LogP contribution in [0.3, 0.4) is 0 Å². The molecule has 170 valence electrons. The van der Waals surface area contributed by atoms with Gasteiger partial charge in [0.2, 0.25) is 0 Å². The van der Waals surface area contributed by atoms with E-state index < -0.39 is 41.7 Å². The normalized spacial score (nSPS) is 11.1. The maximum Gasteiger partial charge on any atom is 0.418 e. The number of carbonyl (C=O) groups excluding carboxylic acids is 3. The van der Waals surface area contributed by atoms with Crippen LogP contribution >= 0.6 is 23.2 Å². The Morgan fingerprint density at radius 3 is 2.09 bits per heavy atom. The Hall–Kier alpha value is -3.36. The summed E-state index contributed by atoms with van der Waals surface area (Å²) in [4.78, 5) is 37.4. The van der Waals surface area contributed by atoms with Crippen LogP contribution in [0.2, 0.25) is 10.0 Å². The number of esters is 1. The van der Waals surface area contributed by atoms with Gasteiger partial charge in [-0.15, -0.1) is 0 Å². The van der Waals surface area contributed by atoms with E-state index in [0.29, 0.717) is 11.1 Å². The third kappa shape index (κ3) is 6.12. The summed E-state index contributed by atoms with van der Waals surface area (Å²) in [5.41, 5.74) is -1.48. The lowest BCUT2D eigenvalue weighted by Crippen LogP contribution is -2.23. The zero-order valence-electron chi connectivity index (χ0n) is 16.6. The molecule has 5 nitrogen and oxygen atoms in total. The van der Waals surface area contributed by atoms with Crippen molar-refractivity contribution in [2.45, 2.75) is 6.18 Å². The number of alkyl halides is 3. The van der Waals surface area contributed by atoms with Crippen molar-refractivity contribution in [2.75, 3.05) is 11.9 Å². The summed E-state index contributed by atoms with van der Waals surface area (Å²) < 4.78 is 44.4. The second kappa shape index (κ2) is 10.1. The van der Waals surface area contributed by atoms with E-state index in [2.05, 4.69) is 0 Å². The third-order valence-corrected chi connectivity index (χ3v) is 4.88. The van der Waals surface area contributed by atoms with Crippen molar-refractivity contribution in [1.29, 1.82) is 0 Å². The highest BCUT2D eigenvalue weighted by Gasteiger charge is 2.34. The Balaban J connectivity index is 1.72. The number of hydrogen-bond acceptors (Lipinski definition) is 4. The molecule has 10 heteroatoms. The van der Waals surface area contributed by atoms with Gasteiger partial charge in [-0.3, -0.25) is 9.59 Å². The predicted octanol–water partition coefficient (Wildman–Crippen LogP) is 6.04. The molecule has 0 unspecified atom stereocenters. The maximum atomic E-state index is 13.2. The average molecular weight is 496 g/mol. The van der Waals surface area contributed by atoms with Crippen LogP contribution in [0, 0.1) is 0 Å². The van der Waals surface area contributed by atoms with Gasteiger partial charge in [-0.1, -0.05) is 41.4 Å². The highest BCUT2D eigenvalue weighted by Crippen LogP contribution is 2.36. The fourth-order valence-corrected chi connectivity index (χ4v) is 3.17. The van der Waals surface area contributed by atoms with Crippen LogP contribution in [0.4, 0.5) is 18.9 Å². The first-order chi connectivity index (χ1) is 15.6. The van der Waals surface area contributed by atoms with Gasteiger partial charge < -0.3 is 10.1 Å². The number of amides is 1. The fraction of sp³-hybridized carbons (Fsp3) is 0.0870. The molecule has 0 aliphatic carbocycles. The van der Waals surface area contributed by atoms with E-state index in [-0.39, 0.29) is 21.7 Å². The van der Waals surface area contributed by atoms with Gasteiger partial charge in [0.25, 0.3) is 5.91 Å². The minimum absolute atomic E-state index is 0.0299. The van der Waals surface area contributed by atoms with Crippen LogP contribution in [-0.4, -0.2) is 24.3 Å². The molecule has 3 rings (SSSR count). The number of benzene rings is 3. The average Bonchev–Trinajstić information content (AvgIpc) is 2.78. The summed E-state index contributed by atoms with van der Waals surface area (Å²) in [6.45, 7) is -0.873. The molecular formula is C23H14Cl2F3NO4. The molecule has 0 heterocycles. The summed E-state index contributed by atoms with van der Waals surface area (Å²) in [6.07, 6.45) is -4.76. The quantitative estimate of drug-likeness (QED) is 0.334. The Morgan fingerprint density at radius 2 is 1.45 bits per heavy atom. The topological polar surface area (TPSA) is 72.5 Å². The first kappa shape index (κ1) is 24.3. The number of anilines is 1. The minimum Gasteiger partial charge on any atom is -0.452 e. The van der Waals surface area contributed by atoms with Gasteiger partial charge in [0.1, 0.15) is 0 Å². The molecule has 0 radical (unpaired) electrons. The zero-order valence-corrected chi connectivity index (χ0v) is 18.1. The third-order valence-electron chi connectivity index (χ3n) is 4.39. The molecule has 0 bridgehead atoms. The Morgan fingerprint density at radius 1 is 0.848 bits per heavy atom. The van der Waals surface area contributed by atoms with Crippen LogP contribution in [-0.2, 0) is 15.7 Å². The predicted molar refractivity (Wildman–Crippen MR) is 117 cm³/mol. The van der Waals surface area contributed by atoms with Gasteiger partial charge >= 0.3 is 12.1 Å². The second-order valence-electron chi connectivity index (χ2n) is 6.69. The van der Waals surface area contributed by atoms with Gasteiger partial charge in [0.15, 0.2) is 12.4 Å². The van der Waals surface area contributed by atoms with Gasteiger partial charge in [-0.2, -0.15) is 13.2 Å². The maximum absolute atomic E-state index is 13.2. The molecular weight excluding hydrogens is 482 g/mol. The Kier molecular flexibility index (Phi) is 7.40. The summed E-state index contributed by atoms with van der Waals surface area (Å²) in [5, 5.41) is 2.32. The molecule has 0 aliphatic rings. The second-order valence-corrected chi connectivity index (χ2v) is 7.57. The van der Waals surface area contributed by atoms with Crippen LogP contribution in [0.15, 0.2) is 66.7 Å². The van der Waals surface area contributed by atoms with Crippen LogP contribution < -0.4 is 5.32 Å². The van der Waals surface area contributed by atoms with E-state index >= 15 is 0 Å². The van der Waals surface area contributed by atoms with Crippen molar-refractivity contribution in [3.63, 3.8) is 0 Å². The number of hydrogen-bond donors (Lipinski definition) is 1. The highest BCUT2D eigenvalue weighted by molar-refractivity contribution is 6.31. The molecule has 0 saturated carbocycles. The van der Waals surface area contributed by atoms with Crippen molar-refractivity contribution in [3.8, 4) is 0 Å². The molecule has 0 aliphatic heterocycles. The highest BCUT2D eigenvalue weighted by atomic mass is 35.5. The molecule has 1 amide bonds. The standard InChI is InChI=1S/C23H14Cl2F3NO4/c24-14-7-5-13(6-8-14)21(31)16-3-1-2-4-17(16)22(32)33-12-20(30)29-19-10-9-15(25)11-18(19)23(26,27)28/h1-11H,12H2,(H,29,30). The van der Waals surface area contributed by atoms with Gasteiger partial charge in [-0.05, 0) is 48.5 Å². The number of carbonyl (C=O) groups is 3. The van der Waals surface area contributed by atoms with E-state index in [1.807, 2.05) is 5.32 Å². The van der Waals surface area contributed by atoms with Crippen LogP contribution in [0.25, 0.3) is 0 Å². The van der Waals surface area contributed by atoms with Gasteiger partial charge in [-0.25, -0.2) is 4.79 Å². The summed E-state index contributed by atoms with van der Waals surface area (Å²) in [7, 11) is 0. The molecule has 3 aromatic rings. The molecule has 0 spiro atoms. The van der Waals surface area contributed by atoms with Crippen molar-refractivity contribution in [3.05, 3.63) is 99.0 Å². The van der Waals surface area contributed by atoms with E-state index in [1.165, 1.54) is 48.5 Å². The first-order valence-electron chi connectivity index (χ1n) is 9.29. The smallest absolute Gasteiger partial charge is 0.418 e. The summed E-state index contributed by atoms with van der Waals surface area (Å²) in [6, 6.07) is 14.7. The molecule has 0 aromatic heterocycles. The SMILES string of the molecule is O=C(COC(=O)c1ccccc1C(=O)c1ccc(Cl)cc1)Nc1ccc(Cl)cc1C(F)(F)F. The van der Waals surface area contributed by atoms with Crippen molar-refractivity contribution in [2.24, 2.45) is 0 Å².